The third-order valence-electron chi connectivity index (χ3n) is 4.55. The number of benzene rings is 1. The molecule has 2 N–H and O–H groups in total. The van der Waals surface area contributed by atoms with Gasteiger partial charge in [-0.3, -0.25) is 14.7 Å². The average molecular weight is 368 g/mol. The van der Waals surface area contributed by atoms with Crippen molar-refractivity contribution in [3.8, 4) is 11.5 Å². The zero-order valence-corrected chi connectivity index (χ0v) is 14.9. The van der Waals surface area contributed by atoms with Crippen LogP contribution in [-0.2, 0) is 9.53 Å². The van der Waals surface area contributed by atoms with Crippen molar-refractivity contribution in [1.29, 1.82) is 0 Å². The summed E-state index contributed by atoms with van der Waals surface area (Å²) >= 11 is 0. The molecule has 0 aliphatic carbocycles. The van der Waals surface area contributed by atoms with E-state index in [9.17, 15) is 9.59 Å². The van der Waals surface area contributed by atoms with Gasteiger partial charge in [-0.1, -0.05) is 18.2 Å². The number of carbonyl (C=O) groups is 2. The van der Waals surface area contributed by atoms with Gasteiger partial charge in [0.25, 0.3) is 5.91 Å². The number of ether oxygens (including phenoxy) is 1. The molecule has 27 heavy (non-hydrogen) atoms. The van der Waals surface area contributed by atoms with Crippen LogP contribution in [0.4, 0.5) is 0 Å². The molecule has 1 fully saturated rings. The first kappa shape index (κ1) is 17.3. The Morgan fingerprint density at radius 3 is 3.04 bits per heavy atom. The lowest BCUT2D eigenvalue weighted by Gasteiger charge is -2.32. The smallest absolute Gasteiger partial charge is 0.257 e. The molecular formula is C19H20N4O4. The van der Waals surface area contributed by atoms with Crippen molar-refractivity contribution < 1.29 is 18.7 Å². The first-order valence-electron chi connectivity index (χ1n) is 8.79. The summed E-state index contributed by atoms with van der Waals surface area (Å²) in [6, 6.07) is 9.56. The summed E-state index contributed by atoms with van der Waals surface area (Å²) in [4.78, 5) is 25.8. The van der Waals surface area contributed by atoms with Crippen LogP contribution in [0.25, 0.3) is 22.4 Å². The summed E-state index contributed by atoms with van der Waals surface area (Å²) in [6.07, 6.45) is 1.29. The summed E-state index contributed by atoms with van der Waals surface area (Å²) in [6.45, 7) is 3.15. The van der Waals surface area contributed by atoms with E-state index in [0.717, 1.165) is 11.0 Å². The number of aromatic amines is 1. The van der Waals surface area contributed by atoms with Crippen LogP contribution in [0.5, 0.6) is 0 Å². The standard InChI is InChI=1S/C19H20N4O4/c1-12(24)20-9-14-11-23(6-7-26-14)19(25)15-10-21-22-18(15)17-8-13-4-2-3-5-16(13)27-17/h2-5,8,10,14H,6-7,9,11H2,1H3,(H,20,24)(H,21,22). The van der Waals surface area contributed by atoms with Crippen molar-refractivity contribution in [3.05, 3.63) is 42.1 Å². The number of para-hydroxylation sites is 1. The summed E-state index contributed by atoms with van der Waals surface area (Å²) in [5.41, 5.74) is 1.76. The number of fused-ring (bicyclic) bond motifs is 1. The number of hydrogen-bond acceptors (Lipinski definition) is 5. The van der Waals surface area contributed by atoms with Crippen LogP contribution in [0, 0.1) is 0 Å². The highest BCUT2D eigenvalue weighted by Crippen LogP contribution is 2.29. The normalized spacial score (nSPS) is 17.2. The van der Waals surface area contributed by atoms with E-state index in [1.165, 1.54) is 13.1 Å². The Hall–Kier alpha value is -3.13. The number of furan rings is 1. The molecule has 1 unspecified atom stereocenters. The molecule has 0 spiro atoms. The fourth-order valence-electron chi connectivity index (χ4n) is 3.20. The minimum absolute atomic E-state index is 0.121. The van der Waals surface area contributed by atoms with Gasteiger partial charge in [-0.2, -0.15) is 5.10 Å². The van der Waals surface area contributed by atoms with Crippen LogP contribution in [-0.4, -0.2) is 59.3 Å². The first-order chi connectivity index (χ1) is 13.1. The van der Waals surface area contributed by atoms with Crippen LogP contribution in [0.2, 0.25) is 0 Å². The molecule has 0 bridgehead atoms. The van der Waals surface area contributed by atoms with Crippen LogP contribution < -0.4 is 5.32 Å². The number of morpholine rings is 1. The number of nitrogens with zero attached hydrogens (tertiary/aromatic N) is 2. The number of hydrogen-bond donors (Lipinski definition) is 2. The maximum atomic E-state index is 13.0. The van der Waals surface area contributed by atoms with Crippen molar-refractivity contribution in [2.75, 3.05) is 26.2 Å². The van der Waals surface area contributed by atoms with E-state index in [1.54, 1.807) is 4.90 Å². The van der Waals surface area contributed by atoms with Crippen LogP contribution >= 0.6 is 0 Å². The van der Waals surface area contributed by atoms with E-state index in [2.05, 4.69) is 15.5 Å². The second-order valence-electron chi connectivity index (χ2n) is 6.49. The average Bonchev–Trinajstić information content (AvgIpc) is 3.32. The fourth-order valence-corrected chi connectivity index (χ4v) is 3.20. The van der Waals surface area contributed by atoms with Gasteiger partial charge >= 0.3 is 0 Å². The van der Waals surface area contributed by atoms with Crippen LogP contribution in [0.15, 0.2) is 40.9 Å². The predicted molar refractivity (Wildman–Crippen MR) is 98.1 cm³/mol. The molecule has 1 aliphatic heterocycles. The molecule has 8 nitrogen and oxygen atoms in total. The molecule has 1 saturated heterocycles. The molecule has 1 aromatic carbocycles. The number of H-pyrrole nitrogens is 1. The molecular weight excluding hydrogens is 348 g/mol. The quantitative estimate of drug-likeness (QED) is 0.731. The van der Waals surface area contributed by atoms with Crippen molar-refractivity contribution in [2.45, 2.75) is 13.0 Å². The van der Waals surface area contributed by atoms with Crippen molar-refractivity contribution in [1.82, 2.24) is 20.4 Å². The number of rotatable bonds is 4. The Morgan fingerprint density at radius 1 is 1.37 bits per heavy atom. The molecule has 2 aromatic heterocycles. The van der Waals surface area contributed by atoms with Gasteiger partial charge in [-0.25, -0.2) is 0 Å². The highest BCUT2D eigenvalue weighted by atomic mass is 16.5. The molecule has 140 valence electrons. The van der Waals surface area contributed by atoms with E-state index in [4.69, 9.17) is 9.15 Å². The first-order valence-corrected chi connectivity index (χ1v) is 8.79. The minimum Gasteiger partial charge on any atom is -0.454 e. The van der Waals surface area contributed by atoms with Crippen LogP contribution in [0.1, 0.15) is 17.3 Å². The Labute approximate surface area is 155 Å². The summed E-state index contributed by atoms with van der Waals surface area (Å²) in [5, 5.41) is 10.6. The third kappa shape index (κ3) is 3.56. The molecule has 3 aromatic rings. The Balaban J connectivity index is 1.54. The second kappa shape index (κ2) is 7.24. The summed E-state index contributed by atoms with van der Waals surface area (Å²) < 4.78 is 11.5. The highest BCUT2D eigenvalue weighted by Gasteiger charge is 2.28. The maximum Gasteiger partial charge on any atom is 0.257 e. The lowest BCUT2D eigenvalue weighted by atomic mass is 10.1. The van der Waals surface area contributed by atoms with E-state index in [1.807, 2.05) is 30.3 Å². The zero-order chi connectivity index (χ0) is 18.8. The van der Waals surface area contributed by atoms with Crippen LogP contribution in [0.3, 0.4) is 0 Å². The van der Waals surface area contributed by atoms with Gasteiger partial charge < -0.3 is 19.4 Å². The molecule has 1 atom stereocenters. The second-order valence-corrected chi connectivity index (χ2v) is 6.49. The van der Waals surface area contributed by atoms with E-state index < -0.39 is 0 Å². The Kier molecular flexibility index (Phi) is 4.64. The SMILES string of the molecule is CC(=O)NCC1CN(C(=O)c2cn[nH]c2-c2cc3ccccc3o2)CCO1. The lowest BCUT2D eigenvalue weighted by Crippen LogP contribution is -2.49. The number of aromatic nitrogens is 2. The molecule has 8 heteroatoms. The number of nitrogens with one attached hydrogen (secondary N) is 2. The maximum absolute atomic E-state index is 13.0. The van der Waals surface area contributed by atoms with Gasteiger partial charge in [0.2, 0.25) is 5.91 Å². The van der Waals surface area contributed by atoms with Crippen molar-refractivity contribution >= 4 is 22.8 Å². The lowest BCUT2D eigenvalue weighted by molar-refractivity contribution is -0.120. The number of amides is 2. The van der Waals surface area contributed by atoms with Crippen molar-refractivity contribution in [2.24, 2.45) is 0 Å². The topological polar surface area (TPSA) is 100 Å². The predicted octanol–water partition coefficient (Wildman–Crippen LogP) is 1.80. The molecule has 3 heterocycles. The molecule has 0 radical (unpaired) electrons. The zero-order valence-electron chi connectivity index (χ0n) is 14.9. The summed E-state index contributed by atoms with van der Waals surface area (Å²) in [7, 11) is 0. The van der Waals surface area contributed by atoms with Gasteiger partial charge in [0.1, 0.15) is 11.3 Å². The van der Waals surface area contributed by atoms with Gasteiger partial charge in [0.05, 0.1) is 24.5 Å². The molecule has 2 amide bonds. The van der Waals surface area contributed by atoms with Gasteiger partial charge in [-0.15, -0.1) is 0 Å². The van der Waals surface area contributed by atoms with Gasteiger partial charge in [0.15, 0.2) is 5.76 Å². The fraction of sp³-hybridized carbons (Fsp3) is 0.316. The minimum atomic E-state index is -0.229. The monoisotopic (exact) mass is 368 g/mol. The van der Waals surface area contributed by atoms with E-state index in [0.29, 0.717) is 43.3 Å². The van der Waals surface area contributed by atoms with Gasteiger partial charge in [-0.05, 0) is 12.1 Å². The Bertz CT molecular complexity index is 944. The molecule has 1 aliphatic rings. The Morgan fingerprint density at radius 2 is 2.22 bits per heavy atom. The molecule has 0 saturated carbocycles. The van der Waals surface area contributed by atoms with Gasteiger partial charge in [0, 0.05) is 31.9 Å². The van der Waals surface area contributed by atoms with Crippen molar-refractivity contribution in [3.63, 3.8) is 0 Å². The third-order valence-corrected chi connectivity index (χ3v) is 4.55. The van der Waals surface area contributed by atoms with E-state index >= 15 is 0 Å². The molecule has 4 rings (SSSR count). The highest BCUT2D eigenvalue weighted by molar-refractivity contribution is 6.00. The number of carbonyl (C=O) groups excluding carboxylic acids is 2. The van der Waals surface area contributed by atoms with E-state index in [-0.39, 0.29) is 17.9 Å². The largest absolute Gasteiger partial charge is 0.454 e. The summed E-state index contributed by atoms with van der Waals surface area (Å²) in [5.74, 6) is 0.305.